The summed E-state index contributed by atoms with van der Waals surface area (Å²) in [7, 11) is -3.43. The molecule has 1 fully saturated rings. The van der Waals surface area contributed by atoms with Crippen LogP contribution in [0.2, 0.25) is 0 Å². The molecule has 19 heavy (non-hydrogen) atoms. The predicted octanol–water partition coefficient (Wildman–Crippen LogP) is 0.331. The van der Waals surface area contributed by atoms with Crippen LogP contribution in [0.25, 0.3) is 0 Å². The van der Waals surface area contributed by atoms with Crippen molar-refractivity contribution < 1.29 is 8.42 Å². The molecule has 3 heterocycles. The van der Waals surface area contributed by atoms with Crippen molar-refractivity contribution in [3.8, 4) is 0 Å². The van der Waals surface area contributed by atoms with E-state index in [1.54, 1.807) is 6.20 Å². The lowest BCUT2D eigenvalue weighted by Gasteiger charge is -2.28. The number of piperidine rings is 1. The quantitative estimate of drug-likeness (QED) is 0.848. The lowest BCUT2D eigenvalue weighted by molar-refractivity contribution is 0.319. The molecular weight excluding hydrogens is 264 g/mol. The average molecular weight is 284 g/mol. The molecule has 0 aromatic carbocycles. The minimum Gasteiger partial charge on any atom is -0.333 e. The highest BCUT2D eigenvalue weighted by Gasteiger charge is 2.31. The summed E-state index contributed by atoms with van der Waals surface area (Å²) >= 11 is 0. The minimum atomic E-state index is -3.43. The first-order valence-electron chi connectivity index (χ1n) is 6.89. The van der Waals surface area contributed by atoms with Gasteiger partial charge in [-0.3, -0.25) is 0 Å². The van der Waals surface area contributed by atoms with Crippen LogP contribution in [0.15, 0.2) is 11.2 Å². The molecule has 6 nitrogen and oxygen atoms in total. The number of hydrogen-bond acceptors (Lipinski definition) is 4. The monoisotopic (exact) mass is 284 g/mol. The molecule has 0 bridgehead atoms. The van der Waals surface area contributed by atoms with Gasteiger partial charge in [0.05, 0.1) is 0 Å². The van der Waals surface area contributed by atoms with E-state index in [1.165, 1.54) is 4.31 Å². The molecule has 0 radical (unpaired) electrons. The Hall–Kier alpha value is -0.920. The fraction of sp³-hybridized carbons (Fsp3) is 0.750. The van der Waals surface area contributed by atoms with Crippen molar-refractivity contribution in [2.75, 3.05) is 13.1 Å². The highest BCUT2D eigenvalue weighted by atomic mass is 32.2. The van der Waals surface area contributed by atoms with Crippen LogP contribution in [-0.2, 0) is 23.0 Å². The Bertz CT molecular complexity index is 535. The van der Waals surface area contributed by atoms with Gasteiger partial charge in [0, 0.05) is 38.3 Å². The predicted molar refractivity (Wildman–Crippen MR) is 71.1 cm³/mol. The summed E-state index contributed by atoms with van der Waals surface area (Å²) in [6.07, 6.45) is 6.22. The van der Waals surface area contributed by atoms with E-state index in [9.17, 15) is 8.42 Å². The van der Waals surface area contributed by atoms with Gasteiger partial charge in [-0.25, -0.2) is 13.4 Å². The number of hydrogen-bond donors (Lipinski definition) is 1. The largest absolute Gasteiger partial charge is 0.333 e. The number of aromatic nitrogens is 2. The minimum absolute atomic E-state index is 0.127. The normalized spacial score (nSPS) is 22.4. The van der Waals surface area contributed by atoms with E-state index in [0.29, 0.717) is 13.1 Å². The van der Waals surface area contributed by atoms with Gasteiger partial charge in [-0.15, -0.1) is 0 Å². The topological polar surface area (TPSA) is 81.2 Å². The summed E-state index contributed by atoms with van der Waals surface area (Å²) in [6, 6.07) is 0.127. The van der Waals surface area contributed by atoms with Crippen molar-refractivity contribution in [1.29, 1.82) is 0 Å². The Morgan fingerprint density at radius 1 is 1.21 bits per heavy atom. The highest BCUT2D eigenvalue weighted by Crippen LogP contribution is 2.22. The third-order valence-corrected chi connectivity index (χ3v) is 5.76. The van der Waals surface area contributed by atoms with E-state index >= 15 is 0 Å². The zero-order valence-electron chi connectivity index (χ0n) is 11.0. The number of fused-ring (bicyclic) bond motifs is 1. The number of imidazole rings is 1. The van der Waals surface area contributed by atoms with Crippen LogP contribution in [0.3, 0.4) is 0 Å². The lowest BCUT2D eigenvalue weighted by Crippen LogP contribution is -2.42. The van der Waals surface area contributed by atoms with Crippen molar-refractivity contribution in [3.63, 3.8) is 0 Å². The molecular formula is C12H20N4O2S. The SMILES string of the molecule is NC1CCN(S(=O)(=O)c2cn3c(n2)CCCC3)CC1. The Morgan fingerprint density at radius 2 is 1.95 bits per heavy atom. The number of rotatable bonds is 2. The van der Waals surface area contributed by atoms with Crippen LogP contribution in [0.1, 0.15) is 31.5 Å². The zero-order chi connectivity index (χ0) is 13.5. The molecule has 0 aliphatic carbocycles. The second kappa shape index (κ2) is 4.88. The molecule has 0 saturated carbocycles. The number of nitrogens with zero attached hydrogens (tertiary/aromatic N) is 3. The molecule has 106 valence electrons. The molecule has 0 unspecified atom stereocenters. The van der Waals surface area contributed by atoms with Gasteiger partial charge in [-0.1, -0.05) is 0 Å². The third kappa shape index (κ3) is 2.42. The van der Waals surface area contributed by atoms with Gasteiger partial charge in [0.15, 0.2) is 5.03 Å². The van der Waals surface area contributed by atoms with Gasteiger partial charge in [0.2, 0.25) is 0 Å². The Balaban J connectivity index is 1.85. The summed E-state index contributed by atoms with van der Waals surface area (Å²) in [6.45, 7) is 1.89. The fourth-order valence-corrected chi connectivity index (χ4v) is 4.20. The second-order valence-electron chi connectivity index (χ2n) is 5.39. The Kier molecular flexibility index (Phi) is 3.36. The summed E-state index contributed by atoms with van der Waals surface area (Å²) in [5, 5.41) is 0.208. The van der Waals surface area contributed by atoms with E-state index in [2.05, 4.69) is 4.98 Å². The maximum atomic E-state index is 12.5. The molecule has 0 amide bonds. The average Bonchev–Trinajstić information content (AvgIpc) is 2.83. The van der Waals surface area contributed by atoms with Crippen LogP contribution >= 0.6 is 0 Å². The van der Waals surface area contributed by atoms with Crippen molar-refractivity contribution >= 4 is 10.0 Å². The maximum Gasteiger partial charge on any atom is 0.262 e. The molecule has 1 saturated heterocycles. The van der Waals surface area contributed by atoms with Gasteiger partial charge in [0.1, 0.15) is 5.82 Å². The molecule has 2 aliphatic rings. The van der Waals surface area contributed by atoms with Gasteiger partial charge >= 0.3 is 0 Å². The highest BCUT2D eigenvalue weighted by molar-refractivity contribution is 7.89. The molecule has 3 rings (SSSR count). The number of aryl methyl sites for hydroxylation is 2. The van der Waals surface area contributed by atoms with Crippen LogP contribution in [0, 0.1) is 0 Å². The molecule has 2 aliphatic heterocycles. The Morgan fingerprint density at radius 3 is 2.63 bits per heavy atom. The Labute approximate surface area is 113 Å². The van der Waals surface area contributed by atoms with E-state index < -0.39 is 10.0 Å². The van der Waals surface area contributed by atoms with E-state index in [0.717, 1.165) is 44.5 Å². The summed E-state index contributed by atoms with van der Waals surface area (Å²) in [5.41, 5.74) is 5.82. The van der Waals surface area contributed by atoms with Crippen LogP contribution in [0.5, 0.6) is 0 Å². The van der Waals surface area contributed by atoms with Crippen molar-refractivity contribution in [3.05, 3.63) is 12.0 Å². The first-order valence-corrected chi connectivity index (χ1v) is 8.33. The van der Waals surface area contributed by atoms with Crippen LogP contribution in [-0.4, -0.2) is 41.4 Å². The van der Waals surface area contributed by atoms with E-state index in [-0.39, 0.29) is 11.1 Å². The van der Waals surface area contributed by atoms with Gasteiger partial charge in [-0.2, -0.15) is 4.31 Å². The van der Waals surface area contributed by atoms with Crippen molar-refractivity contribution in [1.82, 2.24) is 13.9 Å². The number of sulfonamides is 1. The molecule has 0 atom stereocenters. The van der Waals surface area contributed by atoms with Crippen molar-refractivity contribution in [2.24, 2.45) is 5.73 Å². The maximum absolute atomic E-state index is 12.5. The van der Waals surface area contributed by atoms with Crippen molar-refractivity contribution in [2.45, 2.75) is 49.7 Å². The van der Waals surface area contributed by atoms with Gasteiger partial charge < -0.3 is 10.3 Å². The third-order valence-electron chi connectivity index (χ3n) is 3.99. The summed E-state index contributed by atoms with van der Waals surface area (Å²) in [4.78, 5) is 4.32. The summed E-state index contributed by atoms with van der Waals surface area (Å²) in [5.74, 6) is 0.901. The molecule has 7 heteroatoms. The number of nitrogens with two attached hydrogens (primary N) is 1. The molecule has 0 spiro atoms. The van der Waals surface area contributed by atoms with Crippen LogP contribution < -0.4 is 5.73 Å². The first-order chi connectivity index (χ1) is 9.07. The van der Waals surface area contributed by atoms with E-state index in [4.69, 9.17) is 5.73 Å². The van der Waals surface area contributed by atoms with Gasteiger partial charge in [0.25, 0.3) is 10.0 Å². The smallest absolute Gasteiger partial charge is 0.262 e. The standard InChI is InChI=1S/C12H20N4O2S/c13-10-4-7-16(8-5-10)19(17,18)12-9-15-6-2-1-3-11(15)14-12/h9-10H,1-8,13H2. The second-order valence-corrected chi connectivity index (χ2v) is 7.27. The molecule has 1 aromatic rings. The first kappa shape index (κ1) is 13.1. The zero-order valence-corrected chi connectivity index (χ0v) is 11.8. The summed E-state index contributed by atoms with van der Waals surface area (Å²) < 4.78 is 28.5. The van der Waals surface area contributed by atoms with E-state index in [1.807, 2.05) is 4.57 Å². The molecule has 2 N–H and O–H groups in total. The van der Waals surface area contributed by atoms with Gasteiger partial charge in [-0.05, 0) is 25.7 Å². The lowest BCUT2D eigenvalue weighted by atomic mass is 10.1. The fourth-order valence-electron chi connectivity index (χ4n) is 2.76. The van der Waals surface area contributed by atoms with Crippen LogP contribution in [0.4, 0.5) is 0 Å². The molecule has 1 aromatic heterocycles.